The van der Waals surface area contributed by atoms with Crippen LogP contribution in [0.3, 0.4) is 0 Å². The predicted molar refractivity (Wildman–Crippen MR) is 147 cm³/mol. The second kappa shape index (κ2) is 11.0. The van der Waals surface area contributed by atoms with E-state index in [1.165, 1.54) is 6.07 Å². The molecule has 0 spiro atoms. The maximum Gasteiger partial charge on any atom is 0.303 e. The van der Waals surface area contributed by atoms with E-state index < -0.39 is 11.8 Å². The van der Waals surface area contributed by atoms with Gasteiger partial charge in [0.1, 0.15) is 18.2 Å². The van der Waals surface area contributed by atoms with Crippen molar-refractivity contribution in [3.05, 3.63) is 82.9 Å². The molecule has 3 aromatic carbocycles. The number of aliphatic carboxylic acids is 1. The first kappa shape index (κ1) is 27.2. The highest BCUT2D eigenvalue weighted by molar-refractivity contribution is 5.71. The minimum atomic E-state index is -0.924. The summed E-state index contributed by atoms with van der Waals surface area (Å²) < 4.78 is 41.9. The number of methoxy groups -OCH3 is 1. The van der Waals surface area contributed by atoms with Crippen LogP contribution in [0.15, 0.2) is 54.6 Å². The van der Waals surface area contributed by atoms with Gasteiger partial charge in [-0.2, -0.15) is 0 Å². The van der Waals surface area contributed by atoms with Gasteiger partial charge in [-0.15, -0.1) is 0 Å². The van der Waals surface area contributed by atoms with Crippen LogP contribution in [0.5, 0.6) is 11.5 Å². The lowest BCUT2D eigenvalue weighted by Gasteiger charge is -2.30. The highest BCUT2D eigenvalue weighted by atomic mass is 19.1. The lowest BCUT2D eigenvalue weighted by atomic mass is 9.75. The molecule has 1 N–H and O–H groups in total. The van der Waals surface area contributed by atoms with Crippen LogP contribution in [-0.2, 0) is 11.4 Å². The Hall–Kier alpha value is -3.41. The lowest BCUT2D eigenvalue weighted by molar-refractivity contribution is -0.137. The Labute approximate surface area is 229 Å². The second-order valence-electron chi connectivity index (χ2n) is 11.7. The van der Waals surface area contributed by atoms with Gasteiger partial charge in [0.2, 0.25) is 0 Å². The van der Waals surface area contributed by atoms with Gasteiger partial charge in [-0.3, -0.25) is 4.79 Å². The molecule has 3 aromatic rings. The number of carboxylic acid groups (broad SMARTS) is 1. The van der Waals surface area contributed by atoms with Crippen molar-refractivity contribution in [3.63, 3.8) is 0 Å². The molecule has 0 radical (unpaired) electrons. The molecule has 2 saturated carbocycles. The summed E-state index contributed by atoms with van der Waals surface area (Å²) >= 11 is 0. The summed E-state index contributed by atoms with van der Waals surface area (Å²) in [5, 5.41) is 9.35. The zero-order chi connectivity index (χ0) is 27.7. The summed E-state index contributed by atoms with van der Waals surface area (Å²) in [6.45, 7) is 4.66. The molecule has 0 aliphatic heterocycles. The first-order valence-electron chi connectivity index (χ1n) is 13.8. The van der Waals surface area contributed by atoms with E-state index in [0.717, 1.165) is 48.8 Å². The fourth-order valence-electron chi connectivity index (χ4n) is 6.28. The van der Waals surface area contributed by atoms with Crippen LogP contribution in [0.25, 0.3) is 11.1 Å². The molecule has 0 unspecified atom stereocenters. The fourth-order valence-corrected chi connectivity index (χ4v) is 6.28. The van der Waals surface area contributed by atoms with Crippen molar-refractivity contribution >= 4 is 5.97 Å². The number of ether oxygens (including phenoxy) is 2. The standard InChI is InChI=1S/C33H36F2O4/c1-33(2)15-5-7-28(33)26-16-20(9-13-23(26)27-17-22(38-3)12-14-29(27)34)19-39-30-8-4-6-24(32(30)35)25(18-31(36)37)21-10-11-21/h4,6,8-9,12-14,16-17,21,25,28H,5,7,10-11,15,18-19H2,1-3H3,(H,36,37)/t25-,28+/m0/s1. The SMILES string of the molecule is COc1ccc(F)c(-c2ccc(COc3cccc([C@@H](CC(=O)O)C4CC4)c3F)cc2[C@H]2CCCC2(C)C)c1. The van der Waals surface area contributed by atoms with Gasteiger partial charge < -0.3 is 14.6 Å². The smallest absolute Gasteiger partial charge is 0.303 e. The van der Waals surface area contributed by atoms with Gasteiger partial charge in [-0.05, 0) is 89.5 Å². The quantitative estimate of drug-likeness (QED) is 0.283. The molecule has 206 valence electrons. The number of hydrogen-bond donors (Lipinski definition) is 1. The molecule has 2 aliphatic rings. The zero-order valence-electron chi connectivity index (χ0n) is 22.8. The van der Waals surface area contributed by atoms with Crippen LogP contribution >= 0.6 is 0 Å². The molecule has 5 rings (SSSR count). The number of rotatable bonds is 10. The zero-order valence-corrected chi connectivity index (χ0v) is 22.8. The van der Waals surface area contributed by atoms with Crippen LogP contribution < -0.4 is 9.47 Å². The maximum atomic E-state index is 15.5. The number of halogens is 2. The summed E-state index contributed by atoms with van der Waals surface area (Å²) in [5.41, 5.74) is 3.75. The predicted octanol–water partition coefficient (Wildman–Crippen LogP) is 8.48. The third-order valence-corrected chi connectivity index (χ3v) is 8.58. The molecule has 0 bridgehead atoms. The van der Waals surface area contributed by atoms with E-state index in [-0.39, 0.29) is 47.8 Å². The Bertz CT molecular complexity index is 1360. The summed E-state index contributed by atoms with van der Waals surface area (Å²) in [6, 6.07) is 15.7. The topological polar surface area (TPSA) is 55.8 Å². The van der Waals surface area contributed by atoms with Crippen LogP contribution in [0.1, 0.15) is 80.9 Å². The Morgan fingerprint density at radius 2 is 1.85 bits per heavy atom. The molecule has 39 heavy (non-hydrogen) atoms. The molecule has 2 fully saturated rings. The summed E-state index contributed by atoms with van der Waals surface area (Å²) in [6.07, 6.45) is 4.96. The first-order valence-corrected chi connectivity index (χ1v) is 13.8. The van der Waals surface area contributed by atoms with E-state index in [9.17, 15) is 9.90 Å². The van der Waals surface area contributed by atoms with Crippen molar-refractivity contribution in [1.29, 1.82) is 0 Å². The molecular formula is C33H36F2O4. The highest BCUT2D eigenvalue weighted by Crippen LogP contribution is 2.51. The minimum Gasteiger partial charge on any atom is -0.497 e. The van der Waals surface area contributed by atoms with Crippen molar-refractivity contribution in [2.75, 3.05) is 7.11 Å². The molecule has 0 heterocycles. The molecule has 2 aliphatic carbocycles. The molecule has 2 atom stereocenters. The van der Waals surface area contributed by atoms with Gasteiger partial charge >= 0.3 is 5.97 Å². The summed E-state index contributed by atoms with van der Waals surface area (Å²) in [4.78, 5) is 11.4. The summed E-state index contributed by atoms with van der Waals surface area (Å²) in [7, 11) is 1.57. The number of carbonyl (C=O) groups is 1. The van der Waals surface area contributed by atoms with Gasteiger partial charge in [0.05, 0.1) is 13.5 Å². The Balaban J connectivity index is 1.46. The van der Waals surface area contributed by atoms with Crippen molar-refractivity contribution in [2.45, 2.75) is 70.8 Å². The second-order valence-corrected chi connectivity index (χ2v) is 11.7. The molecule has 4 nitrogen and oxygen atoms in total. The number of hydrogen-bond acceptors (Lipinski definition) is 3. The largest absolute Gasteiger partial charge is 0.497 e. The van der Waals surface area contributed by atoms with Gasteiger partial charge in [0.15, 0.2) is 11.6 Å². The molecule has 0 amide bonds. The van der Waals surface area contributed by atoms with E-state index >= 15 is 8.78 Å². The van der Waals surface area contributed by atoms with Crippen LogP contribution in [-0.4, -0.2) is 18.2 Å². The maximum absolute atomic E-state index is 15.5. The van der Waals surface area contributed by atoms with E-state index in [1.54, 1.807) is 37.4 Å². The van der Waals surface area contributed by atoms with Crippen LogP contribution in [0.2, 0.25) is 0 Å². The Kier molecular flexibility index (Phi) is 7.66. The van der Waals surface area contributed by atoms with Crippen LogP contribution in [0.4, 0.5) is 8.78 Å². The molecule has 6 heteroatoms. The molecule has 0 saturated heterocycles. The Morgan fingerprint density at radius 3 is 2.51 bits per heavy atom. The fraction of sp³-hybridized carbons (Fsp3) is 0.424. The van der Waals surface area contributed by atoms with Crippen molar-refractivity contribution in [1.82, 2.24) is 0 Å². The average Bonchev–Trinajstić information content (AvgIpc) is 3.69. The number of carboxylic acids is 1. The van der Waals surface area contributed by atoms with Crippen molar-refractivity contribution in [3.8, 4) is 22.6 Å². The monoisotopic (exact) mass is 534 g/mol. The van der Waals surface area contributed by atoms with Gasteiger partial charge in [-0.25, -0.2) is 8.78 Å². The van der Waals surface area contributed by atoms with Gasteiger partial charge in [-0.1, -0.05) is 50.6 Å². The summed E-state index contributed by atoms with van der Waals surface area (Å²) in [5.74, 6) is -0.898. The van der Waals surface area contributed by atoms with E-state index in [0.29, 0.717) is 16.9 Å². The van der Waals surface area contributed by atoms with E-state index in [2.05, 4.69) is 19.9 Å². The van der Waals surface area contributed by atoms with Gasteiger partial charge in [0.25, 0.3) is 0 Å². The normalized spacial score (nSPS) is 19.1. The minimum absolute atomic E-state index is 0.0615. The van der Waals surface area contributed by atoms with E-state index in [4.69, 9.17) is 9.47 Å². The molecular weight excluding hydrogens is 498 g/mol. The third kappa shape index (κ3) is 5.80. The van der Waals surface area contributed by atoms with Crippen molar-refractivity contribution in [2.24, 2.45) is 11.3 Å². The van der Waals surface area contributed by atoms with Crippen LogP contribution in [0, 0.1) is 23.0 Å². The third-order valence-electron chi connectivity index (χ3n) is 8.58. The van der Waals surface area contributed by atoms with Gasteiger partial charge in [0, 0.05) is 11.5 Å². The molecule has 0 aromatic heterocycles. The lowest BCUT2D eigenvalue weighted by Crippen LogP contribution is -2.17. The Morgan fingerprint density at radius 1 is 1.05 bits per heavy atom. The highest BCUT2D eigenvalue weighted by Gasteiger charge is 2.38. The first-order chi connectivity index (χ1) is 18.7. The van der Waals surface area contributed by atoms with Crippen molar-refractivity contribution < 1.29 is 28.2 Å². The number of benzene rings is 3. The average molecular weight is 535 g/mol. The van der Waals surface area contributed by atoms with E-state index in [1.807, 2.05) is 12.1 Å².